The molecule has 5 atom stereocenters. The number of fused-ring (bicyclic) bond motifs is 6. The van der Waals surface area contributed by atoms with Crippen molar-refractivity contribution >= 4 is 52.5 Å². The SMILES string of the molecule is NC(=O)CCN(Cc1cn(CCCCCC(=O)Oc2ccc(COC(=O)N3CCC[C@@H](c4ccc(-n5cc6cccc(C(N)=O)c6n5)cc4)C3)cc2)nn1)C(=O)CCCCCN1C(=O)[C@@H]2C3C=CC(C3)[C@@H]2C1=O. The Morgan fingerprint density at radius 2 is 1.51 bits per heavy atom. The van der Waals surface area contributed by atoms with Crippen molar-refractivity contribution < 1.29 is 43.0 Å². The van der Waals surface area contributed by atoms with Gasteiger partial charge in [-0.25, -0.2) is 9.48 Å². The first-order valence-electron chi connectivity index (χ1n) is 25.5. The van der Waals surface area contributed by atoms with Gasteiger partial charge in [0.15, 0.2) is 0 Å². The Morgan fingerprint density at radius 1 is 0.781 bits per heavy atom. The second-order valence-electron chi connectivity index (χ2n) is 19.7. The molecule has 73 heavy (non-hydrogen) atoms. The monoisotopic (exact) mass is 994 g/mol. The van der Waals surface area contributed by atoms with Gasteiger partial charge in [-0.3, -0.25) is 38.3 Å². The number of ether oxygens (including phenoxy) is 2. The first-order valence-corrected chi connectivity index (χ1v) is 25.5. The molecule has 4 aliphatic rings. The largest absolute Gasteiger partial charge is 0.445 e. The van der Waals surface area contributed by atoms with Gasteiger partial charge in [-0.1, -0.05) is 66.6 Å². The molecular formula is C54H62N10O9. The fourth-order valence-corrected chi connectivity index (χ4v) is 10.8. The first kappa shape index (κ1) is 50.2. The van der Waals surface area contributed by atoms with Crippen molar-refractivity contribution in [1.29, 1.82) is 0 Å². The van der Waals surface area contributed by atoms with E-state index < -0.39 is 11.8 Å². The van der Waals surface area contributed by atoms with Gasteiger partial charge in [0, 0.05) is 69.5 Å². The lowest BCUT2D eigenvalue weighted by atomic mass is 9.85. The number of carbonyl (C=O) groups excluding carboxylic acids is 7. The van der Waals surface area contributed by atoms with Crippen molar-refractivity contribution in [2.45, 2.75) is 103 Å². The second kappa shape index (κ2) is 22.8. The molecule has 19 nitrogen and oxygen atoms in total. The highest BCUT2D eigenvalue weighted by atomic mass is 16.6. The lowest BCUT2D eigenvalue weighted by Gasteiger charge is -2.32. The number of nitrogens with two attached hydrogens (primary N) is 2. The molecule has 19 heteroatoms. The minimum atomic E-state index is -0.524. The minimum absolute atomic E-state index is 0.0150. The average molecular weight is 995 g/mol. The molecule has 6 amide bonds. The third-order valence-corrected chi connectivity index (χ3v) is 14.6. The first-order chi connectivity index (χ1) is 35.4. The van der Waals surface area contributed by atoms with Crippen LogP contribution in [-0.4, -0.2) is 107 Å². The van der Waals surface area contributed by atoms with Gasteiger partial charge in [0.05, 0.1) is 35.8 Å². The van der Waals surface area contributed by atoms with Crippen molar-refractivity contribution in [3.8, 4) is 11.4 Å². The second-order valence-corrected chi connectivity index (χ2v) is 19.7. The third kappa shape index (κ3) is 12.0. The smallest absolute Gasteiger partial charge is 0.410 e. The molecular weight excluding hydrogens is 933 g/mol. The van der Waals surface area contributed by atoms with Crippen LogP contribution in [0.1, 0.15) is 110 Å². The number of carbonyl (C=O) groups is 7. The number of aromatic nitrogens is 5. The Labute approximate surface area is 422 Å². The molecule has 9 rings (SSSR count). The highest BCUT2D eigenvalue weighted by Crippen LogP contribution is 2.52. The molecule has 0 radical (unpaired) electrons. The van der Waals surface area contributed by atoms with E-state index in [1.54, 1.807) is 61.8 Å². The Hall–Kier alpha value is -7.70. The van der Waals surface area contributed by atoms with Crippen molar-refractivity contribution in [3.05, 3.63) is 114 Å². The fourth-order valence-electron chi connectivity index (χ4n) is 10.8. The minimum Gasteiger partial charge on any atom is -0.445 e. The van der Waals surface area contributed by atoms with Gasteiger partial charge < -0.3 is 30.7 Å². The summed E-state index contributed by atoms with van der Waals surface area (Å²) >= 11 is 0. The van der Waals surface area contributed by atoms with Crippen LogP contribution >= 0.6 is 0 Å². The molecule has 5 aromatic rings. The summed E-state index contributed by atoms with van der Waals surface area (Å²) in [5.41, 5.74) is 15.2. The van der Waals surface area contributed by atoms with Crippen LogP contribution in [0.5, 0.6) is 5.75 Å². The summed E-state index contributed by atoms with van der Waals surface area (Å²) in [7, 11) is 0. The average Bonchev–Trinajstić information content (AvgIpc) is 4.25. The van der Waals surface area contributed by atoms with Crippen molar-refractivity contribution in [3.63, 3.8) is 0 Å². The van der Waals surface area contributed by atoms with Crippen LogP contribution in [0.3, 0.4) is 0 Å². The maximum atomic E-state index is 13.3. The van der Waals surface area contributed by atoms with E-state index in [4.69, 9.17) is 20.9 Å². The molecule has 2 unspecified atom stereocenters. The van der Waals surface area contributed by atoms with Gasteiger partial charge in [0.25, 0.3) is 5.91 Å². The van der Waals surface area contributed by atoms with E-state index in [0.29, 0.717) is 74.4 Å². The number of piperidine rings is 1. The standard InChI is InChI=1S/C54H62N10O9/c55-45(65)24-28-60(46(66)12-3-1-6-27-63-52(69)48-37-16-17-38(29-37)49(48)53(63)70)32-41-33-62(59-57-41)26-5-2-4-13-47(67)73-43-22-14-35(15-23-43)34-72-54(71)61-25-8-10-39(30-61)36-18-20-42(21-19-36)64-31-40-9-7-11-44(51(56)68)50(40)58-64/h7,9,11,14-23,31,33,37-39,48-49H,1-6,8,10,12-13,24-30,32,34H2,(H2,55,65)(H2,56,68)/t37?,38?,39-,48-,49+/m1/s1. The molecule has 2 saturated heterocycles. The number of aryl methyl sites for hydroxylation is 1. The zero-order chi connectivity index (χ0) is 51.0. The molecule has 2 aliphatic carbocycles. The number of esters is 1. The molecule has 4 N–H and O–H groups in total. The van der Waals surface area contributed by atoms with E-state index in [1.165, 1.54) is 4.90 Å². The summed E-state index contributed by atoms with van der Waals surface area (Å²) in [4.78, 5) is 93.3. The van der Waals surface area contributed by atoms with Crippen molar-refractivity contribution in [2.24, 2.45) is 35.1 Å². The molecule has 3 fully saturated rings. The van der Waals surface area contributed by atoms with Gasteiger partial charge >= 0.3 is 12.1 Å². The Kier molecular flexibility index (Phi) is 15.7. The van der Waals surface area contributed by atoms with Crippen LogP contribution in [0.25, 0.3) is 16.6 Å². The summed E-state index contributed by atoms with van der Waals surface area (Å²) in [6, 6.07) is 20.3. The zero-order valence-corrected chi connectivity index (χ0v) is 40.9. The molecule has 3 aromatic carbocycles. The quantitative estimate of drug-likeness (QED) is 0.0253. The van der Waals surface area contributed by atoms with Crippen LogP contribution in [-0.2, 0) is 48.4 Å². The maximum Gasteiger partial charge on any atom is 0.410 e. The summed E-state index contributed by atoms with van der Waals surface area (Å²) in [6.07, 6.45) is 14.6. The third-order valence-electron chi connectivity index (χ3n) is 14.6. The van der Waals surface area contributed by atoms with Crippen LogP contribution < -0.4 is 16.2 Å². The zero-order valence-electron chi connectivity index (χ0n) is 40.9. The summed E-state index contributed by atoms with van der Waals surface area (Å²) in [5, 5.41) is 13.9. The van der Waals surface area contributed by atoms with E-state index >= 15 is 0 Å². The van der Waals surface area contributed by atoms with E-state index in [0.717, 1.165) is 54.3 Å². The molecule has 2 bridgehead atoms. The van der Waals surface area contributed by atoms with Crippen LogP contribution in [0.2, 0.25) is 0 Å². The van der Waals surface area contributed by atoms with E-state index in [-0.39, 0.29) is 98.3 Å². The van der Waals surface area contributed by atoms with Gasteiger partial charge in [-0.2, -0.15) is 5.10 Å². The lowest BCUT2D eigenvalue weighted by Crippen LogP contribution is -2.39. The number of unbranched alkanes of at least 4 members (excludes halogenated alkanes) is 4. The topological polar surface area (TPSA) is 248 Å². The molecule has 4 heterocycles. The predicted molar refractivity (Wildman–Crippen MR) is 266 cm³/mol. The Bertz CT molecular complexity index is 2850. The fraction of sp³-hybridized carbons (Fsp3) is 0.444. The van der Waals surface area contributed by atoms with Crippen LogP contribution in [0.4, 0.5) is 4.79 Å². The van der Waals surface area contributed by atoms with Crippen molar-refractivity contribution in [2.75, 3.05) is 26.2 Å². The highest BCUT2D eigenvalue weighted by Gasteiger charge is 2.59. The molecule has 382 valence electrons. The molecule has 2 aliphatic heterocycles. The Balaban J connectivity index is 0.642. The van der Waals surface area contributed by atoms with Crippen LogP contribution in [0, 0.1) is 23.7 Å². The molecule has 0 spiro atoms. The summed E-state index contributed by atoms with van der Waals surface area (Å²) in [5.74, 6) is -1.13. The number of benzene rings is 3. The number of likely N-dealkylation sites (tertiary alicyclic amines) is 2. The lowest BCUT2D eigenvalue weighted by molar-refractivity contribution is -0.141. The molecule has 1 saturated carbocycles. The summed E-state index contributed by atoms with van der Waals surface area (Å²) in [6.45, 7) is 2.48. The Morgan fingerprint density at radius 3 is 2.23 bits per heavy atom. The normalized spacial score (nSPS) is 19.9. The van der Waals surface area contributed by atoms with Gasteiger partial charge in [0.2, 0.25) is 23.6 Å². The number of hydrogen-bond acceptors (Lipinski definition) is 12. The van der Waals surface area contributed by atoms with Crippen molar-refractivity contribution in [1.82, 2.24) is 39.5 Å². The number of primary amides is 2. The molecule has 2 aromatic heterocycles. The van der Waals surface area contributed by atoms with Gasteiger partial charge in [0.1, 0.15) is 23.6 Å². The van der Waals surface area contributed by atoms with Gasteiger partial charge in [-0.05, 0) is 98.2 Å². The number of imide groups is 1. The number of rotatable bonds is 23. The summed E-state index contributed by atoms with van der Waals surface area (Å²) < 4.78 is 14.7. The van der Waals surface area contributed by atoms with Gasteiger partial charge in [-0.15, -0.1) is 5.10 Å². The number of nitrogens with zero attached hydrogens (tertiary/aromatic N) is 8. The maximum absolute atomic E-state index is 13.3. The number of allylic oxidation sites excluding steroid dienone is 2. The van der Waals surface area contributed by atoms with Crippen LogP contribution in [0.15, 0.2) is 91.3 Å². The predicted octanol–water partition coefficient (Wildman–Crippen LogP) is 5.97. The highest BCUT2D eigenvalue weighted by molar-refractivity contribution is 6.06. The number of hydrogen-bond donors (Lipinski definition) is 2. The van der Waals surface area contributed by atoms with E-state index in [1.807, 2.05) is 36.5 Å². The van der Waals surface area contributed by atoms with E-state index in [2.05, 4.69) is 27.6 Å². The number of amides is 6. The van der Waals surface area contributed by atoms with E-state index in [9.17, 15) is 33.6 Å².